The van der Waals surface area contributed by atoms with Crippen LogP contribution in [0.2, 0.25) is 0 Å². The van der Waals surface area contributed by atoms with Crippen molar-refractivity contribution in [1.82, 2.24) is 4.57 Å². The number of fused-ring (bicyclic) bond motifs is 1. The van der Waals surface area contributed by atoms with Crippen molar-refractivity contribution in [3.05, 3.63) is 36.0 Å². The minimum Gasteiger partial charge on any atom is -0.345 e. The van der Waals surface area contributed by atoms with Gasteiger partial charge in [0.15, 0.2) is 0 Å². The summed E-state index contributed by atoms with van der Waals surface area (Å²) in [5.41, 5.74) is 2.89. The van der Waals surface area contributed by atoms with Crippen LogP contribution in [-0.2, 0) is 13.0 Å². The first-order valence-corrected chi connectivity index (χ1v) is 7.94. The minimum atomic E-state index is 1.13. The zero-order valence-electron chi connectivity index (χ0n) is 12.5. The van der Waals surface area contributed by atoms with Gasteiger partial charge in [-0.25, -0.2) is 0 Å². The van der Waals surface area contributed by atoms with Crippen molar-refractivity contribution >= 4 is 10.9 Å². The van der Waals surface area contributed by atoms with Gasteiger partial charge in [-0.2, -0.15) is 0 Å². The molecule has 0 aliphatic carbocycles. The lowest BCUT2D eigenvalue weighted by Gasteiger charge is -2.09. The summed E-state index contributed by atoms with van der Waals surface area (Å²) in [4.78, 5) is 0. The van der Waals surface area contributed by atoms with E-state index < -0.39 is 0 Å². The molecule has 19 heavy (non-hydrogen) atoms. The summed E-state index contributed by atoms with van der Waals surface area (Å²) in [7, 11) is 0. The van der Waals surface area contributed by atoms with E-state index in [0.29, 0.717) is 0 Å². The first-order valence-electron chi connectivity index (χ1n) is 7.94. The lowest BCUT2D eigenvalue weighted by atomic mass is 10.1. The molecule has 1 aromatic carbocycles. The molecule has 0 saturated carbocycles. The molecule has 0 aliphatic heterocycles. The van der Waals surface area contributed by atoms with Crippen LogP contribution >= 0.6 is 0 Å². The fraction of sp³-hybridized carbons (Fsp3) is 0.556. The van der Waals surface area contributed by atoms with Crippen LogP contribution in [0.3, 0.4) is 0 Å². The van der Waals surface area contributed by atoms with Crippen molar-refractivity contribution in [2.75, 3.05) is 0 Å². The molecule has 0 unspecified atom stereocenters. The van der Waals surface area contributed by atoms with Crippen LogP contribution in [0, 0.1) is 0 Å². The van der Waals surface area contributed by atoms with Crippen LogP contribution < -0.4 is 0 Å². The number of para-hydroxylation sites is 1. The summed E-state index contributed by atoms with van der Waals surface area (Å²) < 4.78 is 2.52. The van der Waals surface area contributed by atoms with E-state index >= 15 is 0 Å². The molecule has 0 saturated heterocycles. The number of aryl methyl sites for hydroxylation is 2. The molecule has 0 bridgehead atoms. The van der Waals surface area contributed by atoms with Gasteiger partial charge >= 0.3 is 0 Å². The molecule has 2 aromatic rings. The minimum absolute atomic E-state index is 1.13. The van der Waals surface area contributed by atoms with Crippen molar-refractivity contribution in [2.24, 2.45) is 0 Å². The molecule has 2 rings (SSSR count). The molecule has 0 amide bonds. The molecular formula is C18H27N. The number of unbranched alkanes of at least 4 members (excludes halogenated alkanes) is 5. The van der Waals surface area contributed by atoms with E-state index in [9.17, 15) is 0 Å². The van der Waals surface area contributed by atoms with Crippen molar-refractivity contribution in [3.63, 3.8) is 0 Å². The van der Waals surface area contributed by atoms with Gasteiger partial charge in [-0.05, 0) is 30.4 Å². The third kappa shape index (κ3) is 3.62. The lowest BCUT2D eigenvalue weighted by Crippen LogP contribution is -2.02. The van der Waals surface area contributed by atoms with Gasteiger partial charge in [-0.1, -0.05) is 64.2 Å². The third-order valence-corrected chi connectivity index (χ3v) is 3.99. The van der Waals surface area contributed by atoms with Gasteiger partial charge in [0.25, 0.3) is 0 Å². The highest BCUT2D eigenvalue weighted by atomic mass is 15.0. The quantitative estimate of drug-likeness (QED) is 0.545. The fourth-order valence-electron chi connectivity index (χ4n) is 2.87. The summed E-state index contributed by atoms with van der Waals surface area (Å²) in [6.07, 6.45) is 9.35. The van der Waals surface area contributed by atoms with E-state index in [0.717, 1.165) is 6.42 Å². The number of benzene rings is 1. The number of hydrogen-bond donors (Lipinski definition) is 0. The summed E-state index contributed by atoms with van der Waals surface area (Å²) in [5, 5.41) is 1.39. The molecule has 0 radical (unpaired) electrons. The van der Waals surface area contributed by atoms with E-state index in [4.69, 9.17) is 0 Å². The second-order valence-corrected chi connectivity index (χ2v) is 5.47. The number of hydrogen-bond acceptors (Lipinski definition) is 0. The molecule has 0 N–H and O–H groups in total. The monoisotopic (exact) mass is 257 g/mol. The van der Waals surface area contributed by atoms with E-state index in [2.05, 4.69) is 48.7 Å². The maximum Gasteiger partial charge on any atom is 0.0482 e. The first kappa shape index (κ1) is 14.2. The Bertz CT molecular complexity index is 495. The molecule has 0 spiro atoms. The van der Waals surface area contributed by atoms with Crippen LogP contribution in [0.15, 0.2) is 30.3 Å². The Balaban J connectivity index is 1.95. The smallest absolute Gasteiger partial charge is 0.0482 e. The molecule has 1 heterocycles. The van der Waals surface area contributed by atoms with Crippen molar-refractivity contribution in [3.8, 4) is 0 Å². The third-order valence-electron chi connectivity index (χ3n) is 3.99. The molecule has 0 atom stereocenters. The molecule has 1 nitrogen and oxygen atoms in total. The van der Waals surface area contributed by atoms with Crippen molar-refractivity contribution in [1.29, 1.82) is 0 Å². The summed E-state index contributed by atoms with van der Waals surface area (Å²) >= 11 is 0. The standard InChI is InChI=1S/C18H27N/c1-3-5-6-7-8-11-14-19-17(4-2)15-16-12-9-10-13-18(16)19/h9-10,12-13,15H,3-8,11,14H2,1-2H3. The molecule has 0 aliphatic rings. The van der Waals surface area contributed by atoms with Gasteiger partial charge in [0.05, 0.1) is 0 Å². The molecular weight excluding hydrogens is 230 g/mol. The number of aromatic nitrogens is 1. The second-order valence-electron chi connectivity index (χ2n) is 5.47. The largest absolute Gasteiger partial charge is 0.345 e. The SMILES string of the molecule is CCCCCCCCn1c(CC)cc2ccccc21. The van der Waals surface area contributed by atoms with Crippen LogP contribution in [0.1, 0.15) is 58.1 Å². The zero-order chi connectivity index (χ0) is 13.5. The Labute approximate surface area is 117 Å². The van der Waals surface area contributed by atoms with Gasteiger partial charge < -0.3 is 4.57 Å². The Kier molecular flexibility index (Phi) is 5.50. The van der Waals surface area contributed by atoms with E-state index in [1.165, 1.54) is 61.7 Å². The van der Waals surface area contributed by atoms with Crippen LogP contribution in [0.4, 0.5) is 0 Å². The van der Waals surface area contributed by atoms with Crippen molar-refractivity contribution in [2.45, 2.75) is 65.3 Å². The maximum atomic E-state index is 2.52. The Hall–Kier alpha value is -1.24. The number of rotatable bonds is 8. The van der Waals surface area contributed by atoms with E-state index in [1.54, 1.807) is 0 Å². The van der Waals surface area contributed by atoms with Gasteiger partial charge in [-0.15, -0.1) is 0 Å². The Morgan fingerprint density at radius 1 is 0.895 bits per heavy atom. The topological polar surface area (TPSA) is 4.93 Å². The van der Waals surface area contributed by atoms with Gasteiger partial charge in [0.1, 0.15) is 0 Å². The molecule has 0 fully saturated rings. The highest BCUT2D eigenvalue weighted by Crippen LogP contribution is 2.21. The average Bonchev–Trinajstić information content (AvgIpc) is 2.81. The maximum absolute atomic E-state index is 2.52. The second kappa shape index (κ2) is 7.37. The Morgan fingerprint density at radius 3 is 2.42 bits per heavy atom. The highest BCUT2D eigenvalue weighted by molar-refractivity contribution is 5.81. The average molecular weight is 257 g/mol. The van der Waals surface area contributed by atoms with Crippen LogP contribution in [0.25, 0.3) is 10.9 Å². The molecule has 1 heteroatoms. The molecule has 1 aromatic heterocycles. The zero-order valence-corrected chi connectivity index (χ0v) is 12.5. The fourth-order valence-corrected chi connectivity index (χ4v) is 2.87. The normalized spacial score (nSPS) is 11.3. The summed E-state index contributed by atoms with van der Waals surface area (Å²) in [6, 6.07) is 11.1. The van der Waals surface area contributed by atoms with Crippen LogP contribution in [-0.4, -0.2) is 4.57 Å². The molecule has 104 valence electrons. The van der Waals surface area contributed by atoms with Gasteiger partial charge in [0, 0.05) is 17.8 Å². The number of nitrogens with zero attached hydrogens (tertiary/aromatic N) is 1. The Morgan fingerprint density at radius 2 is 1.63 bits per heavy atom. The van der Waals surface area contributed by atoms with E-state index in [-0.39, 0.29) is 0 Å². The first-order chi connectivity index (χ1) is 9.36. The van der Waals surface area contributed by atoms with Gasteiger partial charge in [-0.3, -0.25) is 0 Å². The van der Waals surface area contributed by atoms with Gasteiger partial charge in [0.2, 0.25) is 0 Å². The van der Waals surface area contributed by atoms with Crippen LogP contribution in [0.5, 0.6) is 0 Å². The summed E-state index contributed by atoms with van der Waals surface area (Å²) in [5.74, 6) is 0. The highest BCUT2D eigenvalue weighted by Gasteiger charge is 2.06. The lowest BCUT2D eigenvalue weighted by molar-refractivity contribution is 0.557. The predicted molar refractivity (Wildman–Crippen MR) is 84.7 cm³/mol. The predicted octanol–water partition coefficient (Wildman–Crippen LogP) is 5.56. The van der Waals surface area contributed by atoms with Crippen molar-refractivity contribution < 1.29 is 0 Å². The summed E-state index contributed by atoms with van der Waals surface area (Å²) in [6.45, 7) is 5.72. The van der Waals surface area contributed by atoms with E-state index in [1.807, 2.05) is 0 Å².